The molecule has 0 aliphatic carbocycles. The third-order valence-electron chi connectivity index (χ3n) is 1.33. The molecule has 1 radical (unpaired) electrons. The van der Waals surface area contributed by atoms with Gasteiger partial charge in [-0.2, -0.15) is 0 Å². The molecule has 0 aliphatic heterocycles. The minimum absolute atomic E-state index is 0.499. The van der Waals surface area contributed by atoms with E-state index in [1.165, 1.54) is 0 Å². The number of nitrogens with zero attached hydrogens (tertiary/aromatic N) is 1. The summed E-state index contributed by atoms with van der Waals surface area (Å²) in [6, 6.07) is 0. The standard InChI is InChI=1S/C7H15N2O/c1-7(2,6(8)10)5-9(3)4/h8H,5H2,1-4H3. The molecule has 0 aromatic carbocycles. The molecule has 0 spiro atoms. The van der Waals surface area contributed by atoms with E-state index in [1.54, 1.807) is 13.8 Å². The van der Waals surface area contributed by atoms with Crippen molar-refractivity contribution in [2.75, 3.05) is 20.6 Å². The first-order chi connectivity index (χ1) is 4.36. The lowest BCUT2D eigenvalue weighted by Crippen LogP contribution is -2.36. The molecule has 1 amide bonds. The van der Waals surface area contributed by atoms with Gasteiger partial charge in [0.05, 0.1) is 5.41 Å². The molecule has 0 aromatic heterocycles. The smallest absolute Gasteiger partial charge is 0.245 e. The SMILES string of the molecule is CN(C)CC(C)(C)C([NH])=O. The fourth-order valence-electron chi connectivity index (χ4n) is 0.862. The Morgan fingerprint density at radius 2 is 1.90 bits per heavy atom. The Bertz CT molecular complexity index is 130. The monoisotopic (exact) mass is 143 g/mol. The van der Waals surface area contributed by atoms with Gasteiger partial charge in [0, 0.05) is 6.54 Å². The number of hydrogen-bond acceptors (Lipinski definition) is 2. The van der Waals surface area contributed by atoms with Crippen molar-refractivity contribution < 1.29 is 4.79 Å². The average molecular weight is 143 g/mol. The predicted molar refractivity (Wildman–Crippen MR) is 40.4 cm³/mol. The molecule has 1 N–H and O–H groups in total. The Hall–Kier alpha value is -0.570. The normalized spacial score (nSPS) is 12.1. The maximum Gasteiger partial charge on any atom is 0.245 e. The van der Waals surface area contributed by atoms with Crippen LogP contribution < -0.4 is 5.73 Å². The van der Waals surface area contributed by atoms with E-state index in [0.717, 1.165) is 0 Å². The fourth-order valence-corrected chi connectivity index (χ4v) is 0.862. The summed E-state index contributed by atoms with van der Waals surface area (Å²) in [4.78, 5) is 12.6. The van der Waals surface area contributed by atoms with Gasteiger partial charge in [0.15, 0.2) is 0 Å². The molecule has 0 rings (SSSR count). The van der Waals surface area contributed by atoms with Gasteiger partial charge in [-0.25, -0.2) is 0 Å². The van der Waals surface area contributed by atoms with E-state index in [1.807, 2.05) is 19.0 Å². The van der Waals surface area contributed by atoms with Gasteiger partial charge in [-0.3, -0.25) is 10.5 Å². The predicted octanol–water partition coefficient (Wildman–Crippen LogP) is 0.384. The second-order valence-corrected chi connectivity index (χ2v) is 3.45. The Morgan fingerprint density at radius 1 is 1.50 bits per heavy atom. The van der Waals surface area contributed by atoms with E-state index in [2.05, 4.69) is 0 Å². The highest BCUT2D eigenvalue weighted by molar-refractivity contribution is 5.79. The summed E-state index contributed by atoms with van der Waals surface area (Å²) in [6.07, 6.45) is 0. The number of nitrogens with one attached hydrogen (secondary N) is 1. The molecule has 0 aromatic rings. The van der Waals surface area contributed by atoms with Crippen molar-refractivity contribution in [1.29, 1.82) is 0 Å². The van der Waals surface area contributed by atoms with E-state index in [-0.39, 0.29) is 0 Å². The molecule has 0 bridgehead atoms. The van der Waals surface area contributed by atoms with Crippen LogP contribution in [0.15, 0.2) is 0 Å². The molecule has 0 aliphatic rings. The van der Waals surface area contributed by atoms with Crippen LogP contribution >= 0.6 is 0 Å². The average Bonchev–Trinajstić information content (AvgIpc) is 1.60. The molecule has 0 saturated carbocycles. The van der Waals surface area contributed by atoms with Crippen LogP contribution in [-0.2, 0) is 4.79 Å². The van der Waals surface area contributed by atoms with E-state index in [0.29, 0.717) is 6.54 Å². The van der Waals surface area contributed by atoms with Crippen LogP contribution in [-0.4, -0.2) is 31.4 Å². The summed E-state index contributed by atoms with van der Waals surface area (Å²) in [5, 5.41) is 0. The largest absolute Gasteiger partial charge is 0.308 e. The Balaban J connectivity index is 4.00. The topological polar surface area (TPSA) is 44.1 Å². The maximum atomic E-state index is 10.6. The molecule has 0 fully saturated rings. The molecule has 0 saturated heterocycles. The van der Waals surface area contributed by atoms with Crippen molar-refractivity contribution in [2.24, 2.45) is 5.41 Å². The van der Waals surface area contributed by atoms with Gasteiger partial charge in [-0.05, 0) is 27.9 Å². The highest BCUT2D eigenvalue weighted by Gasteiger charge is 2.25. The van der Waals surface area contributed by atoms with Crippen LogP contribution in [0.25, 0.3) is 0 Å². The van der Waals surface area contributed by atoms with E-state index in [9.17, 15) is 4.79 Å². The van der Waals surface area contributed by atoms with Crippen LogP contribution in [0, 0.1) is 5.41 Å². The molecule has 3 heteroatoms. The van der Waals surface area contributed by atoms with Crippen molar-refractivity contribution in [3.8, 4) is 0 Å². The summed E-state index contributed by atoms with van der Waals surface area (Å²) in [7, 11) is 3.79. The van der Waals surface area contributed by atoms with Gasteiger partial charge in [-0.15, -0.1) is 0 Å². The lowest BCUT2D eigenvalue weighted by Gasteiger charge is -2.23. The van der Waals surface area contributed by atoms with E-state index < -0.39 is 11.3 Å². The van der Waals surface area contributed by atoms with E-state index >= 15 is 0 Å². The number of carbonyl (C=O) groups is 1. The zero-order valence-corrected chi connectivity index (χ0v) is 7.06. The van der Waals surface area contributed by atoms with Gasteiger partial charge in [0.1, 0.15) is 0 Å². The van der Waals surface area contributed by atoms with Gasteiger partial charge in [0.2, 0.25) is 5.91 Å². The van der Waals surface area contributed by atoms with Gasteiger partial charge >= 0.3 is 0 Å². The van der Waals surface area contributed by atoms with Gasteiger partial charge in [-0.1, -0.05) is 0 Å². The molecular weight excluding hydrogens is 128 g/mol. The van der Waals surface area contributed by atoms with Crippen LogP contribution in [0.4, 0.5) is 0 Å². The number of carbonyl (C=O) groups excluding carboxylic acids is 1. The zero-order chi connectivity index (χ0) is 8.36. The van der Waals surface area contributed by atoms with E-state index in [4.69, 9.17) is 5.73 Å². The minimum atomic E-state index is -0.524. The molecule has 59 valence electrons. The molecule has 0 heterocycles. The molecule has 0 atom stereocenters. The van der Waals surface area contributed by atoms with Crippen LogP contribution in [0.2, 0.25) is 0 Å². The maximum absolute atomic E-state index is 10.6. The number of hydrogen-bond donors (Lipinski definition) is 0. The van der Waals surface area contributed by atoms with Gasteiger partial charge in [0.25, 0.3) is 0 Å². The lowest BCUT2D eigenvalue weighted by atomic mass is 9.92. The van der Waals surface area contributed by atoms with Crippen LogP contribution in [0.1, 0.15) is 13.8 Å². The minimum Gasteiger partial charge on any atom is -0.308 e. The summed E-state index contributed by atoms with van der Waals surface area (Å²) in [5.41, 5.74) is 6.38. The molecule has 3 nitrogen and oxygen atoms in total. The molecular formula is C7H15N2O. The highest BCUT2D eigenvalue weighted by Crippen LogP contribution is 2.14. The van der Waals surface area contributed by atoms with Crippen molar-refractivity contribution in [3.63, 3.8) is 0 Å². The second-order valence-electron chi connectivity index (χ2n) is 3.45. The summed E-state index contributed by atoms with van der Waals surface area (Å²) in [6.45, 7) is 4.19. The first-order valence-electron chi connectivity index (χ1n) is 3.27. The lowest BCUT2D eigenvalue weighted by molar-refractivity contribution is -0.127. The van der Waals surface area contributed by atoms with Crippen molar-refractivity contribution in [3.05, 3.63) is 0 Å². The zero-order valence-electron chi connectivity index (χ0n) is 7.06. The Morgan fingerprint density at radius 3 is 2.00 bits per heavy atom. The quantitative estimate of drug-likeness (QED) is 0.573. The number of rotatable bonds is 3. The van der Waals surface area contributed by atoms with Crippen molar-refractivity contribution >= 4 is 5.91 Å². The van der Waals surface area contributed by atoms with Crippen LogP contribution in [0.3, 0.4) is 0 Å². The third-order valence-corrected chi connectivity index (χ3v) is 1.33. The first-order valence-corrected chi connectivity index (χ1v) is 3.27. The van der Waals surface area contributed by atoms with Crippen molar-refractivity contribution in [1.82, 2.24) is 10.6 Å². The Kier molecular flexibility index (Phi) is 2.84. The summed E-state index contributed by atoms with van der Waals surface area (Å²) < 4.78 is 0. The number of amides is 1. The van der Waals surface area contributed by atoms with Crippen molar-refractivity contribution in [2.45, 2.75) is 13.8 Å². The Labute approximate surface area is 62.2 Å². The fraction of sp³-hybridized carbons (Fsp3) is 0.857. The highest BCUT2D eigenvalue weighted by atomic mass is 16.1. The summed E-state index contributed by atoms with van der Waals surface area (Å²) in [5.74, 6) is -0.499. The third kappa shape index (κ3) is 2.82. The molecule has 10 heavy (non-hydrogen) atoms. The molecule has 0 unspecified atom stereocenters. The first kappa shape index (κ1) is 9.43. The van der Waals surface area contributed by atoms with Crippen LogP contribution in [0.5, 0.6) is 0 Å². The second kappa shape index (κ2) is 3.01. The van der Waals surface area contributed by atoms with Gasteiger partial charge < -0.3 is 4.90 Å². The summed E-state index contributed by atoms with van der Waals surface area (Å²) >= 11 is 0.